The van der Waals surface area contributed by atoms with Gasteiger partial charge in [0, 0.05) is 4.88 Å². The van der Waals surface area contributed by atoms with Crippen LogP contribution in [0.15, 0.2) is 16.3 Å². The molecule has 0 saturated heterocycles. The summed E-state index contributed by atoms with van der Waals surface area (Å²) in [7, 11) is -3.72. The van der Waals surface area contributed by atoms with Crippen LogP contribution in [0.5, 0.6) is 0 Å². The van der Waals surface area contributed by atoms with Crippen molar-refractivity contribution in [3.63, 3.8) is 0 Å². The minimum Gasteiger partial charge on any atom is -0.368 e. The molecular formula is C13H22N2O3S2. The fraction of sp³-hybridized carbons (Fsp3) is 0.615. The third-order valence-electron chi connectivity index (χ3n) is 2.84. The standard InChI is InChI=1S/C13H22N2O3S2/c1-8(2)11(12(14)16)15-20(17,18)10-7-6-9(19-10)13(3,4)5/h6-8,11,15H,1-5H3,(H2,14,16). The van der Waals surface area contributed by atoms with Crippen molar-refractivity contribution in [2.24, 2.45) is 11.7 Å². The highest BCUT2D eigenvalue weighted by molar-refractivity contribution is 7.91. The zero-order valence-electron chi connectivity index (χ0n) is 12.4. The fourth-order valence-electron chi connectivity index (χ4n) is 1.62. The fourth-order valence-corrected chi connectivity index (χ4v) is 4.35. The number of hydrogen-bond acceptors (Lipinski definition) is 4. The van der Waals surface area contributed by atoms with Crippen LogP contribution in [-0.4, -0.2) is 20.4 Å². The lowest BCUT2D eigenvalue weighted by Crippen LogP contribution is -2.47. The Kier molecular flexibility index (Phi) is 4.99. The van der Waals surface area contributed by atoms with Gasteiger partial charge >= 0.3 is 0 Å². The summed E-state index contributed by atoms with van der Waals surface area (Å²) < 4.78 is 27.2. The molecule has 1 heterocycles. The van der Waals surface area contributed by atoms with Crippen LogP contribution in [0.1, 0.15) is 39.5 Å². The van der Waals surface area contributed by atoms with E-state index in [1.54, 1.807) is 26.0 Å². The van der Waals surface area contributed by atoms with E-state index in [0.29, 0.717) is 0 Å². The number of amides is 1. The number of carbonyl (C=O) groups excluding carboxylic acids is 1. The Labute approximate surface area is 124 Å². The van der Waals surface area contributed by atoms with Crippen molar-refractivity contribution in [3.05, 3.63) is 17.0 Å². The molecule has 1 rings (SSSR count). The van der Waals surface area contributed by atoms with Crippen LogP contribution in [0.25, 0.3) is 0 Å². The molecule has 3 N–H and O–H groups in total. The Balaban J connectivity index is 3.05. The minimum absolute atomic E-state index is 0.112. The monoisotopic (exact) mass is 318 g/mol. The van der Waals surface area contributed by atoms with Crippen molar-refractivity contribution in [2.45, 2.75) is 50.3 Å². The number of rotatable bonds is 5. The predicted octanol–water partition coefficient (Wildman–Crippen LogP) is 1.83. The molecule has 5 nitrogen and oxygen atoms in total. The Morgan fingerprint density at radius 3 is 2.20 bits per heavy atom. The van der Waals surface area contributed by atoms with Gasteiger partial charge < -0.3 is 5.73 Å². The molecule has 1 aromatic rings. The number of primary amides is 1. The number of carbonyl (C=O) groups is 1. The van der Waals surface area contributed by atoms with E-state index in [4.69, 9.17) is 5.73 Å². The predicted molar refractivity (Wildman–Crippen MR) is 81.2 cm³/mol. The molecule has 0 aliphatic rings. The minimum atomic E-state index is -3.72. The van der Waals surface area contributed by atoms with Crippen LogP contribution >= 0.6 is 11.3 Å². The molecule has 1 aromatic heterocycles. The molecule has 0 spiro atoms. The van der Waals surface area contributed by atoms with Crippen molar-refractivity contribution >= 4 is 27.3 Å². The first-order valence-corrected chi connectivity index (χ1v) is 8.67. The number of nitrogens with two attached hydrogens (primary N) is 1. The van der Waals surface area contributed by atoms with Gasteiger partial charge in [0.1, 0.15) is 10.3 Å². The second-order valence-corrected chi connectivity index (χ2v) is 9.14. The maximum atomic E-state index is 12.3. The van der Waals surface area contributed by atoms with Crippen LogP contribution in [0.4, 0.5) is 0 Å². The molecule has 1 amide bonds. The summed E-state index contributed by atoms with van der Waals surface area (Å²) >= 11 is 1.21. The number of sulfonamides is 1. The van der Waals surface area contributed by atoms with Crippen LogP contribution in [0, 0.1) is 5.92 Å². The summed E-state index contributed by atoms with van der Waals surface area (Å²) in [5, 5.41) is 0. The van der Waals surface area contributed by atoms with Crippen LogP contribution in [0.2, 0.25) is 0 Å². The summed E-state index contributed by atoms with van der Waals surface area (Å²) in [6.07, 6.45) is 0. The van der Waals surface area contributed by atoms with Gasteiger partial charge in [0.25, 0.3) is 10.0 Å². The van der Waals surface area contributed by atoms with Crippen molar-refractivity contribution < 1.29 is 13.2 Å². The van der Waals surface area contributed by atoms with Gasteiger partial charge in [-0.1, -0.05) is 34.6 Å². The molecule has 1 atom stereocenters. The van der Waals surface area contributed by atoms with Gasteiger partial charge in [0.2, 0.25) is 5.91 Å². The lowest BCUT2D eigenvalue weighted by Gasteiger charge is -2.18. The van der Waals surface area contributed by atoms with Crippen LogP contribution in [-0.2, 0) is 20.2 Å². The van der Waals surface area contributed by atoms with E-state index in [2.05, 4.69) is 4.72 Å². The quantitative estimate of drug-likeness (QED) is 0.868. The summed E-state index contributed by atoms with van der Waals surface area (Å²) in [6.45, 7) is 9.54. The van der Waals surface area contributed by atoms with E-state index in [-0.39, 0.29) is 15.5 Å². The Hall–Kier alpha value is -0.920. The smallest absolute Gasteiger partial charge is 0.250 e. The van der Waals surface area contributed by atoms with E-state index < -0.39 is 22.0 Å². The largest absolute Gasteiger partial charge is 0.368 e. The van der Waals surface area contributed by atoms with E-state index in [1.807, 2.05) is 20.8 Å². The van der Waals surface area contributed by atoms with Gasteiger partial charge in [-0.3, -0.25) is 4.79 Å². The Morgan fingerprint density at radius 1 is 1.30 bits per heavy atom. The third-order valence-corrected chi connectivity index (χ3v) is 6.28. The van der Waals surface area contributed by atoms with Gasteiger partial charge in [0.15, 0.2) is 0 Å². The SMILES string of the molecule is CC(C)C(NS(=O)(=O)c1ccc(C(C)(C)C)s1)C(N)=O. The molecule has 114 valence electrons. The number of hydrogen-bond donors (Lipinski definition) is 2. The van der Waals surface area contributed by atoms with Crippen LogP contribution < -0.4 is 10.5 Å². The highest BCUT2D eigenvalue weighted by atomic mass is 32.2. The third kappa shape index (κ3) is 4.04. The zero-order valence-corrected chi connectivity index (χ0v) is 14.1. The second-order valence-electron chi connectivity index (χ2n) is 6.11. The van der Waals surface area contributed by atoms with Crippen molar-refractivity contribution in [3.8, 4) is 0 Å². The normalized spacial score (nSPS) is 14.5. The highest BCUT2D eigenvalue weighted by Crippen LogP contribution is 2.31. The van der Waals surface area contributed by atoms with E-state index >= 15 is 0 Å². The molecule has 0 radical (unpaired) electrons. The molecule has 7 heteroatoms. The Morgan fingerprint density at radius 2 is 1.85 bits per heavy atom. The molecule has 0 aliphatic heterocycles. The summed E-state index contributed by atoms with van der Waals surface area (Å²) in [6, 6.07) is 2.46. The molecule has 0 bridgehead atoms. The first-order chi connectivity index (χ1) is 8.95. The number of nitrogens with one attached hydrogen (secondary N) is 1. The first-order valence-electron chi connectivity index (χ1n) is 6.37. The van der Waals surface area contributed by atoms with Crippen molar-refractivity contribution in [2.75, 3.05) is 0 Å². The van der Waals surface area contributed by atoms with E-state index in [0.717, 1.165) is 4.88 Å². The first kappa shape index (κ1) is 17.1. The highest BCUT2D eigenvalue weighted by Gasteiger charge is 2.28. The topological polar surface area (TPSA) is 89.3 Å². The van der Waals surface area contributed by atoms with Gasteiger partial charge in [-0.25, -0.2) is 8.42 Å². The average Bonchev–Trinajstić information content (AvgIpc) is 2.74. The summed E-state index contributed by atoms with van der Waals surface area (Å²) in [5.41, 5.74) is 5.12. The molecule has 1 unspecified atom stereocenters. The molecule has 20 heavy (non-hydrogen) atoms. The maximum Gasteiger partial charge on any atom is 0.250 e. The molecular weight excluding hydrogens is 296 g/mol. The van der Waals surface area contributed by atoms with Crippen LogP contribution in [0.3, 0.4) is 0 Å². The van der Waals surface area contributed by atoms with Crippen molar-refractivity contribution in [1.29, 1.82) is 0 Å². The van der Waals surface area contributed by atoms with Gasteiger partial charge in [-0.2, -0.15) is 4.72 Å². The van der Waals surface area contributed by atoms with E-state index in [9.17, 15) is 13.2 Å². The lowest BCUT2D eigenvalue weighted by molar-refractivity contribution is -0.120. The summed E-state index contributed by atoms with van der Waals surface area (Å²) in [4.78, 5) is 12.3. The molecule has 0 aromatic carbocycles. The summed E-state index contributed by atoms with van der Waals surface area (Å²) in [5.74, 6) is -0.875. The lowest BCUT2D eigenvalue weighted by atomic mass is 9.95. The molecule has 0 saturated carbocycles. The average molecular weight is 318 g/mol. The Bertz CT molecular complexity index is 583. The van der Waals surface area contributed by atoms with Gasteiger partial charge in [-0.05, 0) is 23.5 Å². The number of thiophene rings is 1. The van der Waals surface area contributed by atoms with Crippen molar-refractivity contribution in [1.82, 2.24) is 4.72 Å². The maximum absolute atomic E-state index is 12.3. The molecule has 0 fully saturated rings. The van der Waals surface area contributed by atoms with Gasteiger partial charge in [-0.15, -0.1) is 11.3 Å². The zero-order chi connectivity index (χ0) is 15.7. The van der Waals surface area contributed by atoms with E-state index in [1.165, 1.54) is 11.3 Å². The van der Waals surface area contributed by atoms with Gasteiger partial charge in [0.05, 0.1) is 0 Å². The molecule has 0 aliphatic carbocycles. The second kappa shape index (κ2) is 5.83.